The van der Waals surface area contributed by atoms with Gasteiger partial charge in [0.05, 0.1) is 23.6 Å². The molecule has 0 saturated carbocycles. The molecule has 0 aliphatic carbocycles. The minimum absolute atomic E-state index is 0.0909. The molecule has 0 saturated heterocycles. The van der Waals surface area contributed by atoms with Crippen molar-refractivity contribution < 1.29 is 13.2 Å². The van der Waals surface area contributed by atoms with Crippen molar-refractivity contribution in [3.63, 3.8) is 0 Å². The van der Waals surface area contributed by atoms with Crippen molar-refractivity contribution in [2.45, 2.75) is 4.90 Å². The molecule has 0 aliphatic heterocycles. The maximum absolute atomic E-state index is 12.0. The Kier molecular flexibility index (Phi) is 4.36. The van der Waals surface area contributed by atoms with Gasteiger partial charge in [0.2, 0.25) is 0 Å². The Balaban J connectivity index is 2.22. The fraction of sp³-hybridized carbons (Fsp3) is 0.0667. The Labute approximate surface area is 123 Å². The summed E-state index contributed by atoms with van der Waals surface area (Å²) in [6.07, 6.45) is 1.25. The Morgan fingerprint density at radius 1 is 1.10 bits per heavy atom. The van der Waals surface area contributed by atoms with Crippen molar-refractivity contribution in [1.82, 2.24) is 0 Å². The van der Waals surface area contributed by atoms with Crippen LogP contribution in [0.3, 0.4) is 0 Å². The topological polar surface area (TPSA) is 79.5 Å². The van der Waals surface area contributed by atoms with Gasteiger partial charge in [0.1, 0.15) is 5.75 Å². The van der Waals surface area contributed by atoms with Crippen LogP contribution in [0.1, 0.15) is 11.1 Å². The quantitative estimate of drug-likeness (QED) is 0.812. The number of nitriles is 1. The van der Waals surface area contributed by atoms with Crippen LogP contribution in [-0.4, -0.2) is 21.7 Å². The molecule has 2 aromatic rings. The zero-order chi connectivity index (χ0) is 15.3. The fourth-order valence-electron chi connectivity index (χ4n) is 1.58. The summed E-state index contributed by atoms with van der Waals surface area (Å²) in [5, 5.41) is 8.69. The molecule has 0 N–H and O–H groups in total. The number of methoxy groups -OCH3 is 1. The summed E-state index contributed by atoms with van der Waals surface area (Å²) in [5.74, 6) is 0.574. The van der Waals surface area contributed by atoms with Crippen LogP contribution >= 0.6 is 0 Å². The lowest BCUT2D eigenvalue weighted by molar-refractivity contribution is 0.414. The predicted octanol–water partition coefficient (Wildman–Crippen LogP) is 2.37. The van der Waals surface area contributed by atoms with Gasteiger partial charge in [-0.15, -0.1) is 0 Å². The highest BCUT2D eigenvalue weighted by Gasteiger charge is 2.11. The van der Waals surface area contributed by atoms with Crippen molar-refractivity contribution in [2.75, 3.05) is 7.11 Å². The van der Waals surface area contributed by atoms with E-state index in [1.807, 2.05) is 6.07 Å². The summed E-state index contributed by atoms with van der Waals surface area (Å²) in [5.41, 5.74) is 1.11. The van der Waals surface area contributed by atoms with Gasteiger partial charge >= 0.3 is 0 Å². The Morgan fingerprint density at radius 3 is 2.24 bits per heavy atom. The fourth-order valence-corrected chi connectivity index (χ4v) is 2.44. The summed E-state index contributed by atoms with van der Waals surface area (Å²) in [6, 6.07) is 14.4. The van der Waals surface area contributed by atoms with E-state index < -0.39 is 10.0 Å². The van der Waals surface area contributed by atoms with Crippen LogP contribution in [0.15, 0.2) is 57.8 Å². The normalized spacial score (nSPS) is 11.2. The number of hydrogen-bond acceptors (Lipinski definition) is 4. The molecule has 0 amide bonds. The van der Waals surface area contributed by atoms with Crippen LogP contribution in [-0.2, 0) is 10.0 Å². The Bertz CT molecular complexity index is 786. The number of ether oxygens (including phenoxy) is 1. The maximum Gasteiger partial charge on any atom is 0.282 e. The first-order valence-corrected chi connectivity index (χ1v) is 7.44. The molecule has 0 spiro atoms. The first-order chi connectivity index (χ1) is 10.0. The zero-order valence-electron chi connectivity index (χ0n) is 11.2. The second-order valence-electron chi connectivity index (χ2n) is 4.12. The zero-order valence-corrected chi connectivity index (χ0v) is 12.0. The van der Waals surface area contributed by atoms with Gasteiger partial charge in [-0.3, -0.25) is 0 Å². The number of rotatable bonds is 4. The first-order valence-electron chi connectivity index (χ1n) is 6.00. The van der Waals surface area contributed by atoms with Gasteiger partial charge in [-0.2, -0.15) is 18.1 Å². The van der Waals surface area contributed by atoms with Crippen LogP contribution < -0.4 is 4.74 Å². The van der Waals surface area contributed by atoms with Gasteiger partial charge in [-0.25, -0.2) is 0 Å². The average molecular weight is 300 g/mol. The molecule has 0 aliphatic rings. The molecule has 106 valence electrons. The molecule has 0 fully saturated rings. The molecule has 6 heteroatoms. The molecular weight excluding hydrogens is 288 g/mol. The molecule has 0 radical (unpaired) electrons. The molecule has 0 bridgehead atoms. The predicted molar refractivity (Wildman–Crippen MR) is 78.9 cm³/mol. The van der Waals surface area contributed by atoms with Gasteiger partial charge in [0, 0.05) is 6.21 Å². The van der Waals surface area contributed by atoms with E-state index in [9.17, 15) is 8.42 Å². The highest BCUT2D eigenvalue weighted by atomic mass is 32.2. The van der Waals surface area contributed by atoms with Crippen LogP contribution in [0.5, 0.6) is 5.75 Å². The van der Waals surface area contributed by atoms with Crippen molar-refractivity contribution in [1.29, 1.82) is 5.26 Å². The lowest BCUT2D eigenvalue weighted by Gasteiger charge is -2.01. The first kappa shape index (κ1) is 14.8. The highest BCUT2D eigenvalue weighted by Crippen LogP contribution is 2.17. The van der Waals surface area contributed by atoms with E-state index in [2.05, 4.69) is 4.40 Å². The SMILES string of the molecule is COc1ccc(S(=O)(=O)/N=C/c2ccc(C#N)cc2)cc1. The summed E-state index contributed by atoms with van der Waals surface area (Å²) in [7, 11) is -2.24. The van der Waals surface area contributed by atoms with Gasteiger partial charge in [-0.1, -0.05) is 12.1 Å². The molecule has 21 heavy (non-hydrogen) atoms. The molecule has 2 rings (SSSR count). The van der Waals surface area contributed by atoms with Crippen LogP contribution in [0.4, 0.5) is 0 Å². The minimum atomic E-state index is -3.75. The van der Waals surface area contributed by atoms with Gasteiger partial charge in [-0.05, 0) is 42.0 Å². The molecular formula is C15H12N2O3S. The van der Waals surface area contributed by atoms with Gasteiger partial charge < -0.3 is 4.74 Å². The maximum atomic E-state index is 12.0. The largest absolute Gasteiger partial charge is 0.497 e. The van der Waals surface area contributed by atoms with Crippen molar-refractivity contribution in [2.24, 2.45) is 4.40 Å². The number of nitrogens with zero attached hydrogens (tertiary/aromatic N) is 2. The Hall–Kier alpha value is -2.65. The van der Waals surface area contributed by atoms with Gasteiger partial charge in [0.25, 0.3) is 10.0 Å². The second kappa shape index (κ2) is 6.20. The second-order valence-corrected chi connectivity index (χ2v) is 5.75. The van der Waals surface area contributed by atoms with E-state index in [0.29, 0.717) is 16.9 Å². The Morgan fingerprint density at radius 2 is 1.71 bits per heavy atom. The summed E-state index contributed by atoms with van der Waals surface area (Å²) in [6.45, 7) is 0. The number of benzene rings is 2. The lowest BCUT2D eigenvalue weighted by Crippen LogP contribution is -1.98. The lowest BCUT2D eigenvalue weighted by atomic mass is 10.2. The third-order valence-corrected chi connectivity index (χ3v) is 3.99. The summed E-state index contributed by atoms with van der Waals surface area (Å²) in [4.78, 5) is 0.0909. The summed E-state index contributed by atoms with van der Waals surface area (Å²) < 4.78 is 32.7. The molecule has 0 aromatic heterocycles. The van der Waals surface area contributed by atoms with E-state index in [1.165, 1.54) is 25.5 Å². The molecule has 2 aromatic carbocycles. The summed E-state index contributed by atoms with van der Waals surface area (Å²) >= 11 is 0. The number of sulfonamides is 1. The van der Waals surface area contributed by atoms with E-state index in [4.69, 9.17) is 10.00 Å². The molecule has 0 heterocycles. The smallest absolute Gasteiger partial charge is 0.282 e. The molecule has 5 nitrogen and oxygen atoms in total. The van der Waals surface area contributed by atoms with Crippen molar-refractivity contribution in [3.8, 4) is 11.8 Å². The van der Waals surface area contributed by atoms with Crippen molar-refractivity contribution in [3.05, 3.63) is 59.7 Å². The molecule has 0 unspecified atom stereocenters. The monoisotopic (exact) mass is 300 g/mol. The number of hydrogen-bond donors (Lipinski definition) is 0. The van der Waals surface area contributed by atoms with Gasteiger partial charge in [0.15, 0.2) is 0 Å². The van der Waals surface area contributed by atoms with Crippen LogP contribution in [0.25, 0.3) is 0 Å². The van der Waals surface area contributed by atoms with Crippen LogP contribution in [0, 0.1) is 11.3 Å². The van der Waals surface area contributed by atoms with Crippen molar-refractivity contribution >= 4 is 16.2 Å². The van der Waals surface area contributed by atoms with E-state index >= 15 is 0 Å². The van der Waals surface area contributed by atoms with E-state index in [0.717, 1.165) is 0 Å². The highest BCUT2D eigenvalue weighted by molar-refractivity contribution is 7.90. The third-order valence-electron chi connectivity index (χ3n) is 2.74. The molecule has 0 atom stereocenters. The average Bonchev–Trinajstić information content (AvgIpc) is 2.53. The van der Waals surface area contributed by atoms with E-state index in [-0.39, 0.29) is 4.90 Å². The standard InChI is InChI=1S/C15H12N2O3S/c1-20-14-6-8-15(9-7-14)21(18,19)17-11-13-4-2-12(10-16)3-5-13/h2-9,11H,1H3/b17-11+. The van der Waals surface area contributed by atoms with E-state index in [1.54, 1.807) is 36.4 Å². The van der Waals surface area contributed by atoms with Crippen LogP contribution in [0.2, 0.25) is 0 Å². The third kappa shape index (κ3) is 3.68. The minimum Gasteiger partial charge on any atom is -0.497 e.